The first kappa shape index (κ1) is 13.3. The molecule has 5 heteroatoms. The molecule has 21 heavy (non-hydrogen) atoms. The summed E-state index contributed by atoms with van der Waals surface area (Å²) >= 11 is 0. The van der Waals surface area contributed by atoms with E-state index in [0.717, 1.165) is 55.7 Å². The molecule has 3 unspecified atom stereocenters. The molecule has 3 aliphatic rings. The molecule has 114 valence electrons. The van der Waals surface area contributed by atoms with Gasteiger partial charge in [0.05, 0.1) is 0 Å². The lowest BCUT2D eigenvalue weighted by molar-refractivity contribution is -0.126. The largest absolute Gasteiger partial charge is 0.351 e. The van der Waals surface area contributed by atoms with Crippen LogP contribution >= 0.6 is 0 Å². The van der Waals surface area contributed by atoms with E-state index in [1.165, 1.54) is 6.42 Å². The van der Waals surface area contributed by atoms with Gasteiger partial charge >= 0.3 is 0 Å². The van der Waals surface area contributed by atoms with E-state index in [0.29, 0.717) is 5.92 Å². The molecular formula is C16H24N4O. The van der Waals surface area contributed by atoms with Crippen LogP contribution in [-0.2, 0) is 17.8 Å². The third-order valence-electron chi connectivity index (χ3n) is 5.45. The van der Waals surface area contributed by atoms with Gasteiger partial charge in [0.1, 0.15) is 11.6 Å². The van der Waals surface area contributed by atoms with Gasteiger partial charge in [-0.05, 0) is 37.5 Å². The fraction of sp³-hybridized carbons (Fsp3) is 0.812. The van der Waals surface area contributed by atoms with E-state index in [9.17, 15) is 4.79 Å². The Kier molecular flexibility index (Phi) is 3.05. The van der Waals surface area contributed by atoms with Gasteiger partial charge in [0.2, 0.25) is 5.91 Å². The summed E-state index contributed by atoms with van der Waals surface area (Å²) in [5.41, 5.74) is 0. The average molecular weight is 288 g/mol. The van der Waals surface area contributed by atoms with Crippen LogP contribution in [0.5, 0.6) is 0 Å². The summed E-state index contributed by atoms with van der Waals surface area (Å²) in [6, 6.07) is 0.246. The fourth-order valence-corrected chi connectivity index (χ4v) is 4.14. The van der Waals surface area contributed by atoms with E-state index in [1.54, 1.807) is 0 Å². The maximum atomic E-state index is 12.4. The molecule has 4 rings (SSSR count). The predicted octanol–water partition coefficient (Wildman–Crippen LogP) is 1.88. The lowest BCUT2D eigenvalue weighted by Crippen LogP contribution is -2.43. The van der Waals surface area contributed by atoms with Crippen LogP contribution in [0.1, 0.15) is 57.1 Å². The van der Waals surface area contributed by atoms with Crippen molar-refractivity contribution < 1.29 is 4.79 Å². The van der Waals surface area contributed by atoms with E-state index in [2.05, 4.69) is 33.9 Å². The third kappa shape index (κ3) is 2.36. The molecule has 2 aliphatic carbocycles. The van der Waals surface area contributed by atoms with Crippen LogP contribution in [0, 0.1) is 17.8 Å². The van der Waals surface area contributed by atoms with Gasteiger partial charge in [0.15, 0.2) is 0 Å². The number of hydrogen-bond acceptors (Lipinski definition) is 3. The number of amides is 1. The van der Waals surface area contributed by atoms with E-state index in [1.807, 2.05) is 0 Å². The fourth-order valence-electron chi connectivity index (χ4n) is 4.14. The standard InChI is InChI=1S/C16H24N4O/c1-9(2)15-19-18-14-4-3-13(8-20(14)15)17-16(21)12-6-10-5-11(10)7-12/h9-13H,3-8H2,1-2H3,(H,17,21). The second-order valence-corrected chi connectivity index (χ2v) is 7.41. The van der Waals surface area contributed by atoms with Crippen molar-refractivity contribution in [1.29, 1.82) is 0 Å². The van der Waals surface area contributed by atoms with Gasteiger partial charge < -0.3 is 9.88 Å². The van der Waals surface area contributed by atoms with Gasteiger partial charge in [-0.3, -0.25) is 4.79 Å². The lowest BCUT2D eigenvalue weighted by atomic mass is 10.0. The molecule has 1 amide bonds. The molecule has 1 aromatic rings. The van der Waals surface area contributed by atoms with E-state index in [4.69, 9.17) is 0 Å². The van der Waals surface area contributed by atoms with Crippen LogP contribution in [0.25, 0.3) is 0 Å². The van der Waals surface area contributed by atoms with Crippen molar-refractivity contribution in [3.8, 4) is 0 Å². The highest BCUT2D eigenvalue weighted by molar-refractivity contribution is 5.79. The monoisotopic (exact) mass is 288 g/mol. The minimum Gasteiger partial charge on any atom is -0.351 e. The maximum absolute atomic E-state index is 12.4. The van der Waals surface area contributed by atoms with Crippen molar-refractivity contribution in [2.75, 3.05) is 0 Å². The smallest absolute Gasteiger partial charge is 0.223 e. The Morgan fingerprint density at radius 1 is 1.24 bits per heavy atom. The minimum atomic E-state index is 0.246. The summed E-state index contributed by atoms with van der Waals surface area (Å²) in [5, 5.41) is 11.9. The number of carbonyl (C=O) groups excluding carboxylic acids is 1. The van der Waals surface area contributed by atoms with Gasteiger partial charge in [-0.25, -0.2) is 0 Å². The van der Waals surface area contributed by atoms with Gasteiger partial charge in [0, 0.05) is 30.8 Å². The maximum Gasteiger partial charge on any atom is 0.223 e. The number of carbonyl (C=O) groups is 1. The minimum absolute atomic E-state index is 0.246. The first-order chi connectivity index (χ1) is 10.1. The third-order valence-corrected chi connectivity index (χ3v) is 5.45. The Morgan fingerprint density at radius 3 is 2.71 bits per heavy atom. The zero-order chi connectivity index (χ0) is 14.6. The van der Waals surface area contributed by atoms with E-state index in [-0.39, 0.29) is 17.9 Å². The Hall–Kier alpha value is -1.39. The Labute approximate surface area is 125 Å². The number of nitrogens with zero attached hydrogens (tertiary/aromatic N) is 3. The molecule has 2 fully saturated rings. The summed E-state index contributed by atoms with van der Waals surface area (Å²) in [6.07, 6.45) is 5.52. The molecule has 2 heterocycles. The second kappa shape index (κ2) is 4.82. The van der Waals surface area contributed by atoms with Crippen LogP contribution in [0.4, 0.5) is 0 Å². The normalized spacial score (nSPS) is 33.7. The van der Waals surface area contributed by atoms with Gasteiger partial charge in [-0.1, -0.05) is 13.8 Å². The number of rotatable bonds is 3. The summed E-state index contributed by atoms with van der Waals surface area (Å²) in [4.78, 5) is 12.4. The van der Waals surface area contributed by atoms with Crippen LogP contribution in [-0.4, -0.2) is 26.7 Å². The topological polar surface area (TPSA) is 59.8 Å². The Morgan fingerprint density at radius 2 is 2.00 bits per heavy atom. The SMILES string of the molecule is CC(C)c1nnc2n1CC(NC(=O)C1CC3CC3C1)CC2. The van der Waals surface area contributed by atoms with Crippen LogP contribution in [0.2, 0.25) is 0 Å². The highest BCUT2D eigenvalue weighted by Crippen LogP contribution is 2.54. The van der Waals surface area contributed by atoms with E-state index < -0.39 is 0 Å². The molecule has 0 radical (unpaired) electrons. The molecule has 1 N–H and O–H groups in total. The molecule has 0 saturated heterocycles. The number of aromatic nitrogens is 3. The molecule has 0 spiro atoms. The second-order valence-electron chi connectivity index (χ2n) is 7.41. The highest BCUT2D eigenvalue weighted by Gasteiger charge is 2.48. The summed E-state index contributed by atoms with van der Waals surface area (Å²) in [6.45, 7) is 5.12. The zero-order valence-electron chi connectivity index (χ0n) is 12.9. The molecule has 3 atom stereocenters. The summed E-state index contributed by atoms with van der Waals surface area (Å²) in [7, 11) is 0. The van der Waals surface area contributed by atoms with Gasteiger partial charge in [0.25, 0.3) is 0 Å². The van der Waals surface area contributed by atoms with Crippen LogP contribution in [0.3, 0.4) is 0 Å². The number of nitrogens with one attached hydrogen (secondary N) is 1. The molecule has 1 aromatic heterocycles. The zero-order valence-corrected chi connectivity index (χ0v) is 12.9. The molecular weight excluding hydrogens is 264 g/mol. The number of aryl methyl sites for hydroxylation is 1. The first-order valence-electron chi connectivity index (χ1n) is 8.34. The number of fused-ring (bicyclic) bond motifs is 2. The Bertz CT molecular complexity index is 555. The first-order valence-corrected chi connectivity index (χ1v) is 8.34. The lowest BCUT2D eigenvalue weighted by Gasteiger charge is -2.27. The van der Waals surface area contributed by atoms with E-state index >= 15 is 0 Å². The number of hydrogen-bond donors (Lipinski definition) is 1. The van der Waals surface area contributed by atoms with Crippen molar-refractivity contribution in [1.82, 2.24) is 20.1 Å². The molecule has 0 bridgehead atoms. The van der Waals surface area contributed by atoms with Crippen LogP contribution in [0.15, 0.2) is 0 Å². The van der Waals surface area contributed by atoms with Crippen molar-refractivity contribution in [2.24, 2.45) is 17.8 Å². The molecule has 2 saturated carbocycles. The summed E-state index contributed by atoms with van der Waals surface area (Å²) in [5.74, 6) is 4.80. The summed E-state index contributed by atoms with van der Waals surface area (Å²) < 4.78 is 2.21. The predicted molar refractivity (Wildman–Crippen MR) is 78.7 cm³/mol. The van der Waals surface area contributed by atoms with Crippen molar-refractivity contribution in [3.05, 3.63) is 11.6 Å². The van der Waals surface area contributed by atoms with Crippen molar-refractivity contribution in [2.45, 2.75) is 64.5 Å². The van der Waals surface area contributed by atoms with Crippen molar-refractivity contribution >= 4 is 5.91 Å². The van der Waals surface area contributed by atoms with Crippen molar-refractivity contribution in [3.63, 3.8) is 0 Å². The molecule has 1 aliphatic heterocycles. The van der Waals surface area contributed by atoms with Gasteiger partial charge in [-0.2, -0.15) is 0 Å². The molecule has 0 aromatic carbocycles. The Balaban J connectivity index is 1.40. The van der Waals surface area contributed by atoms with Crippen LogP contribution < -0.4 is 5.32 Å². The quantitative estimate of drug-likeness (QED) is 0.924. The molecule has 5 nitrogen and oxygen atoms in total. The van der Waals surface area contributed by atoms with Gasteiger partial charge in [-0.15, -0.1) is 10.2 Å². The average Bonchev–Trinajstić information content (AvgIpc) is 2.88. The highest BCUT2D eigenvalue weighted by atomic mass is 16.2.